The fourth-order valence-electron chi connectivity index (χ4n) is 5.09. The molecule has 10 heteroatoms. The maximum atomic E-state index is 14.3. The first kappa shape index (κ1) is 29.1. The summed E-state index contributed by atoms with van der Waals surface area (Å²) >= 11 is 6.23. The number of carboxylic acids is 1. The third kappa shape index (κ3) is 7.55. The standard InChI is InChI=1S/C27H35ClF3N3O3/c1-5-26(3,4)15-17-11-20(12-17)34-25(27(29,30)31)24(32-33-34)19(8-9-23(36)37)14-21(35)13-18-7-6-16(2)10-22(18)28/h6-7,10,17,19-20H,5,8-9,11-15H2,1-4H3,(H,36,37). The molecule has 1 fully saturated rings. The molecule has 2 aromatic rings. The third-order valence-corrected chi connectivity index (χ3v) is 7.86. The quantitative estimate of drug-likeness (QED) is 0.307. The van der Waals surface area contributed by atoms with Gasteiger partial charge in [-0.15, -0.1) is 5.10 Å². The number of Topliss-reactive ketones (excluding diaryl/α,β-unsaturated/α-hetero) is 1. The van der Waals surface area contributed by atoms with E-state index in [1.807, 2.05) is 6.92 Å². The van der Waals surface area contributed by atoms with Crippen LogP contribution in [0.5, 0.6) is 0 Å². The number of aliphatic carboxylic acids is 1. The molecule has 1 atom stereocenters. The van der Waals surface area contributed by atoms with Crippen molar-refractivity contribution < 1.29 is 27.9 Å². The summed E-state index contributed by atoms with van der Waals surface area (Å²) in [5, 5.41) is 17.4. The van der Waals surface area contributed by atoms with Crippen molar-refractivity contribution in [1.82, 2.24) is 15.0 Å². The summed E-state index contributed by atoms with van der Waals surface area (Å²) in [6, 6.07) is 4.81. The lowest BCUT2D eigenvalue weighted by Crippen LogP contribution is -2.33. The maximum Gasteiger partial charge on any atom is 0.434 e. The van der Waals surface area contributed by atoms with E-state index < -0.39 is 29.8 Å². The molecule has 0 amide bonds. The van der Waals surface area contributed by atoms with Gasteiger partial charge >= 0.3 is 12.1 Å². The fourth-order valence-corrected chi connectivity index (χ4v) is 5.39. The summed E-state index contributed by atoms with van der Waals surface area (Å²) in [4.78, 5) is 24.2. The Morgan fingerprint density at radius 1 is 1.24 bits per heavy atom. The molecule has 1 aromatic heterocycles. The number of carbonyl (C=O) groups excluding carboxylic acids is 1. The molecule has 0 spiro atoms. The van der Waals surface area contributed by atoms with Gasteiger partial charge in [-0.05, 0) is 61.1 Å². The number of nitrogens with zero attached hydrogens (tertiary/aromatic N) is 3. The number of hydrogen-bond donors (Lipinski definition) is 1. The summed E-state index contributed by atoms with van der Waals surface area (Å²) < 4.78 is 43.9. The lowest BCUT2D eigenvalue weighted by molar-refractivity contribution is -0.147. The molecular weight excluding hydrogens is 507 g/mol. The Balaban J connectivity index is 1.84. The van der Waals surface area contributed by atoms with Crippen LogP contribution < -0.4 is 0 Å². The molecule has 0 saturated heterocycles. The van der Waals surface area contributed by atoms with Crippen molar-refractivity contribution >= 4 is 23.4 Å². The Kier molecular flexibility index (Phi) is 9.09. The number of aryl methyl sites for hydroxylation is 1. The minimum Gasteiger partial charge on any atom is -0.481 e. The highest BCUT2D eigenvalue weighted by Crippen LogP contribution is 2.47. The first-order valence-electron chi connectivity index (χ1n) is 12.7. The van der Waals surface area contributed by atoms with Crippen LogP contribution in [0.15, 0.2) is 18.2 Å². The van der Waals surface area contributed by atoms with E-state index in [9.17, 15) is 27.9 Å². The van der Waals surface area contributed by atoms with Gasteiger partial charge in [-0.25, -0.2) is 4.68 Å². The Hall–Kier alpha value is -2.42. The molecule has 1 aliphatic carbocycles. The predicted octanol–water partition coefficient (Wildman–Crippen LogP) is 7.19. The highest BCUT2D eigenvalue weighted by atomic mass is 35.5. The first-order valence-corrected chi connectivity index (χ1v) is 13.1. The van der Waals surface area contributed by atoms with Crippen LogP contribution in [0.3, 0.4) is 0 Å². The molecule has 1 N–H and O–H groups in total. The number of hydrogen-bond acceptors (Lipinski definition) is 4. The lowest BCUT2D eigenvalue weighted by Gasteiger charge is -2.40. The molecular formula is C27H35ClF3N3O3. The summed E-state index contributed by atoms with van der Waals surface area (Å²) in [7, 11) is 0. The molecule has 0 aliphatic heterocycles. The van der Waals surface area contributed by atoms with Crippen molar-refractivity contribution in [3.05, 3.63) is 45.7 Å². The van der Waals surface area contributed by atoms with E-state index in [0.29, 0.717) is 29.3 Å². The molecule has 1 aliphatic rings. The van der Waals surface area contributed by atoms with Crippen molar-refractivity contribution in [3.8, 4) is 0 Å². The zero-order valence-corrected chi connectivity index (χ0v) is 22.5. The molecule has 1 saturated carbocycles. The SMILES string of the molecule is CCC(C)(C)CC1CC(n2nnc(C(CCC(=O)O)CC(=O)Cc3ccc(C)cc3Cl)c2C(F)(F)F)C1. The van der Waals surface area contributed by atoms with Gasteiger partial charge in [0.1, 0.15) is 5.78 Å². The Morgan fingerprint density at radius 2 is 1.92 bits per heavy atom. The molecule has 3 rings (SSSR count). The van der Waals surface area contributed by atoms with Gasteiger partial charge in [0.2, 0.25) is 0 Å². The fraction of sp³-hybridized carbons (Fsp3) is 0.630. The van der Waals surface area contributed by atoms with E-state index in [1.54, 1.807) is 18.2 Å². The van der Waals surface area contributed by atoms with Gasteiger partial charge in [0.25, 0.3) is 0 Å². The van der Waals surface area contributed by atoms with E-state index in [-0.39, 0.29) is 42.6 Å². The van der Waals surface area contributed by atoms with Crippen LogP contribution >= 0.6 is 11.6 Å². The number of aromatic nitrogens is 3. The number of alkyl halides is 3. The van der Waals surface area contributed by atoms with E-state index in [4.69, 9.17) is 11.6 Å². The highest BCUT2D eigenvalue weighted by Gasteiger charge is 2.45. The van der Waals surface area contributed by atoms with Crippen molar-refractivity contribution in [2.45, 2.75) is 97.2 Å². The monoisotopic (exact) mass is 541 g/mol. The minimum atomic E-state index is -4.74. The number of ketones is 1. The normalized spacial score (nSPS) is 18.9. The zero-order chi connectivity index (χ0) is 27.5. The average molecular weight is 542 g/mol. The second-order valence-electron chi connectivity index (χ2n) is 11.1. The predicted molar refractivity (Wildman–Crippen MR) is 135 cm³/mol. The molecule has 0 radical (unpaired) electrons. The molecule has 1 aromatic carbocycles. The first-order chi connectivity index (χ1) is 17.2. The van der Waals surface area contributed by atoms with Crippen LogP contribution in [0.4, 0.5) is 13.2 Å². The zero-order valence-electron chi connectivity index (χ0n) is 21.7. The van der Waals surface area contributed by atoms with Gasteiger partial charge in [-0.3, -0.25) is 9.59 Å². The lowest BCUT2D eigenvalue weighted by atomic mass is 9.70. The van der Waals surface area contributed by atoms with E-state index in [2.05, 4.69) is 31.1 Å². The summed E-state index contributed by atoms with van der Waals surface area (Å²) in [5.74, 6) is -2.19. The minimum absolute atomic E-state index is 0.0598. The van der Waals surface area contributed by atoms with Gasteiger partial charge in [0.05, 0.1) is 11.7 Å². The second kappa shape index (κ2) is 11.5. The number of benzene rings is 1. The average Bonchev–Trinajstić information content (AvgIpc) is 3.20. The van der Waals surface area contributed by atoms with Gasteiger partial charge in [-0.1, -0.05) is 56.1 Å². The van der Waals surface area contributed by atoms with Gasteiger partial charge < -0.3 is 5.11 Å². The van der Waals surface area contributed by atoms with Crippen molar-refractivity contribution in [3.63, 3.8) is 0 Å². The molecule has 1 unspecified atom stereocenters. The summed E-state index contributed by atoms with van der Waals surface area (Å²) in [6.45, 7) is 8.27. The van der Waals surface area contributed by atoms with Crippen LogP contribution in [0.25, 0.3) is 0 Å². The summed E-state index contributed by atoms with van der Waals surface area (Å²) in [5.41, 5.74) is 0.295. The van der Waals surface area contributed by atoms with Crippen molar-refractivity contribution in [1.29, 1.82) is 0 Å². The topological polar surface area (TPSA) is 85.1 Å². The van der Waals surface area contributed by atoms with Crippen LogP contribution in [0.2, 0.25) is 5.02 Å². The number of halogens is 4. The Bertz CT molecular complexity index is 1120. The van der Waals surface area contributed by atoms with Crippen LogP contribution in [-0.2, 0) is 22.2 Å². The number of rotatable bonds is 12. The van der Waals surface area contributed by atoms with Crippen molar-refractivity contribution in [2.24, 2.45) is 11.3 Å². The van der Waals surface area contributed by atoms with E-state index in [1.165, 1.54) is 0 Å². The molecule has 37 heavy (non-hydrogen) atoms. The van der Waals surface area contributed by atoms with Gasteiger partial charge in [-0.2, -0.15) is 13.2 Å². The molecule has 0 bridgehead atoms. The number of carbonyl (C=O) groups is 2. The van der Waals surface area contributed by atoms with Crippen molar-refractivity contribution in [2.75, 3.05) is 0 Å². The van der Waals surface area contributed by atoms with Gasteiger partial charge in [0.15, 0.2) is 5.69 Å². The number of carboxylic acid groups (broad SMARTS) is 1. The smallest absolute Gasteiger partial charge is 0.434 e. The van der Waals surface area contributed by atoms with E-state index >= 15 is 0 Å². The molecule has 6 nitrogen and oxygen atoms in total. The largest absolute Gasteiger partial charge is 0.481 e. The third-order valence-electron chi connectivity index (χ3n) is 7.51. The maximum absolute atomic E-state index is 14.3. The molecule has 1 heterocycles. The highest BCUT2D eigenvalue weighted by molar-refractivity contribution is 6.31. The van der Waals surface area contributed by atoms with Crippen LogP contribution in [-0.4, -0.2) is 31.9 Å². The summed E-state index contributed by atoms with van der Waals surface area (Å²) in [6.07, 6.45) is -2.53. The van der Waals surface area contributed by atoms with Crippen LogP contribution in [0, 0.1) is 18.3 Å². The van der Waals surface area contributed by atoms with Crippen LogP contribution in [0.1, 0.15) is 100 Å². The van der Waals surface area contributed by atoms with Gasteiger partial charge in [0, 0.05) is 30.2 Å². The van der Waals surface area contributed by atoms with E-state index in [0.717, 1.165) is 23.1 Å². The molecule has 204 valence electrons. The second-order valence-corrected chi connectivity index (χ2v) is 11.5. The Labute approximate surface area is 220 Å². The Morgan fingerprint density at radius 3 is 2.49 bits per heavy atom.